The number of aliphatic hydroxyl groups is 1. The van der Waals surface area contributed by atoms with E-state index in [0.29, 0.717) is 13.1 Å². The summed E-state index contributed by atoms with van der Waals surface area (Å²) in [5.41, 5.74) is -0.795. The Morgan fingerprint density at radius 3 is 2.18 bits per heavy atom. The zero-order valence-electron chi connectivity index (χ0n) is 11.5. The van der Waals surface area contributed by atoms with Crippen molar-refractivity contribution >= 4 is 5.91 Å². The third-order valence-electron chi connectivity index (χ3n) is 3.48. The number of hydrogen-bond donors (Lipinski definition) is 1. The molecule has 1 fully saturated rings. The van der Waals surface area contributed by atoms with Crippen molar-refractivity contribution in [1.82, 2.24) is 4.90 Å². The van der Waals surface area contributed by atoms with Gasteiger partial charge in [0.25, 0.3) is 0 Å². The molecule has 17 heavy (non-hydrogen) atoms. The van der Waals surface area contributed by atoms with Crippen molar-refractivity contribution in [1.29, 1.82) is 0 Å². The van der Waals surface area contributed by atoms with E-state index in [1.807, 2.05) is 11.8 Å². The summed E-state index contributed by atoms with van der Waals surface area (Å²) in [6.07, 6.45) is 6.94. The molecule has 3 heteroatoms. The number of likely N-dealkylation sites (N-methyl/N-ethyl adjacent to an activating group) is 1. The van der Waals surface area contributed by atoms with Gasteiger partial charge in [0.05, 0.1) is 5.60 Å². The van der Waals surface area contributed by atoms with Crippen LogP contribution in [0.15, 0.2) is 0 Å². The van der Waals surface area contributed by atoms with Crippen LogP contribution < -0.4 is 0 Å². The molecule has 1 saturated carbocycles. The Kier molecular flexibility index (Phi) is 5.44. The van der Waals surface area contributed by atoms with E-state index in [1.54, 1.807) is 13.8 Å². The second-order valence-corrected chi connectivity index (χ2v) is 5.85. The summed E-state index contributed by atoms with van der Waals surface area (Å²) in [6.45, 7) is 6.64. The van der Waals surface area contributed by atoms with Crippen LogP contribution in [-0.2, 0) is 4.79 Å². The molecule has 0 aromatic heterocycles. The van der Waals surface area contributed by atoms with Gasteiger partial charge in [-0.2, -0.15) is 0 Å². The number of nitrogens with zero attached hydrogens (tertiary/aromatic N) is 1. The molecule has 0 saturated heterocycles. The largest absolute Gasteiger partial charge is 0.389 e. The van der Waals surface area contributed by atoms with E-state index in [0.717, 1.165) is 12.8 Å². The molecule has 1 aliphatic rings. The summed E-state index contributed by atoms with van der Waals surface area (Å²) in [5.74, 6) is 0.441. The maximum absolute atomic E-state index is 12.4. The summed E-state index contributed by atoms with van der Waals surface area (Å²) in [7, 11) is 0. The Bertz CT molecular complexity index is 237. The van der Waals surface area contributed by atoms with E-state index in [4.69, 9.17) is 0 Å². The van der Waals surface area contributed by atoms with Gasteiger partial charge >= 0.3 is 0 Å². The Hall–Kier alpha value is -0.570. The third kappa shape index (κ3) is 5.07. The van der Waals surface area contributed by atoms with E-state index in [2.05, 4.69) is 0 Å². The normalized spacial score (nSPS) is 18.8. The molecular formula is C14H27NO2. The summed E-state index contributed by atoms with van der Waals surface area (Å²) in [5, 5.41) is 9.83. The van der Waals surface area contributed by atoms with Gasteiger partial charge in [0, 0.05) is 19.0 Å². The van der Waals surface area contributed by atoms with Crippen molar-refractivity contribution in [3.63, 3.8) is 0 Å². The van der Waals surface area contributed by atoms with Crippen LogP contribution in [-0.4, -0.2) is 34.6 Å². The molecule has 0 atom stereocenters. The van der Waals surface area contributed by atoms with Gasteiger partial charge in [0.2, 0.25) is 5.91 Å². The summed E-state index contributed by atoms with van der Waals surface area (Å²) < 4.78 is 0. The molecule has 0 aliphatic heterocycles. The van der Waals surface area contributed by atoms with E-state index in [1.165, 1.54) is 25.7 Å². The highest BCUT2D eigenvalue weighted by Crippen LogP contribution is 2.25. The Morgan fingerprint density at radius 2 is 1.76 bits per heavy atom. The molecule has 1 rings (SSSR count). The predicted molar refractivity (Wildman–Crippen MR) is 69.7 cm³/mol. The average Bonchev–Trinajstić information content (AvgIpc) is 2.52. The molecule has 0 aromatic rings. The van der Waals surface area contributed by atoms with Crippen LogP contribution in [0.1, 0.15) is 59.3 Å². The van der Waals surface area contributed by atoms with Crippen LogP contribution in [0.25, 0.3) is 0 Å². The van der Waals surface area contributed by atoms with Gasteiger partial charge in [-0.15, -0.1) is 0 Å². The predicted octanol–water partition coefficient (Wildman–Crippen LogP) is 2.58. The first-order valence-electron chi connectivity index (χ1n) is 6.95. The van der Waals surface area contributed by atoms with E-state index in [9.17, 15) is 9.90 Å². The monoisotopic (exact) mass is 241 g/mol. The molecule has 100 valence electrons. The fourth-order valence-corrected chi connectivity index (χ4v) is 2.60. The number of rotatable bonds is 4. The smallest absolute Gasteiger partial charge is 0.225 e. The zero-order chi connectivity index (χ0) is 12.9. The molecule has 0 spiro atoms. The van der Waals surface area contributed by atoms with Gasteiger partial charge in [-0.3, -0.25) is 4.79 Å². The van der Waals surface area contributed by atoms with E-state index in [-0.39, 0.29) is 11.8 Å². The molecule has 0 bridgehead atoms. The minimum Gasteiger partial charge on any atom is -0.389 e. The number of hydrogen-bond acceptors (Lipinski definition) is 2. The average molecular weight is 241 g/mol. The lowest BCUT2D eigenvalue weighted by atomic mass is 9.98. The first kappa shape index (κ1) is 14.5. The van der Waals surface area contributed by atoms with Crippen molar-refractivity contribution < 1.29 is 9.90 Å². The minimum atomic E-state index is -0.795. The fourth-order valence-electron chi connectivity index (χ4n) is 2.60. The quantitative estimate of drug-likeness (QED) is 0.769. The molecule has 1 aliphatic carbocycles. The molecular weight excluding hydrogens is 214 g/mol. The Morgan fingerprint density at radius 1 is 1.24 bits per heavy atom. The van der Waals surface area contributed by atoms with Crippen LogP contribution in [0.4, 0.5) is 0 Å². The van der Waals surface area contributed by atoms with Gasteiger partial charge in [-0.1, -0.05) is 25.7 Å². The number of carbonyl (C=O) groups excluding carboxylic acids is 1. The maximum atomic E-state index is 12.4. The van der Waals surface area contributed by atoms with E-state index < -0.39 is 5.60 Å². The SMILES string of the molecule is CCN(CC(C)(C)O)C(=O)C1CCCCCC1. The molecule has 1 amide bonds. The van der Waals surface area contributed by atoms with Gasteiger partial charge in [-0.05, 0) is 33.6 Å². The lowest BCUT2D eigenvalue weighted by Crippen LogP contribution is -2.44. The van der Waals surface area contributed by atoms with Crippen LogP contribution in [0, 0.1) is 5.92 Å². The summed E-state index contributed by atoms with van der Waals surface area (Å²) in [6, 6.07) is 0. The number of carbonyl (C=O) groups is 1. The molecule has 1 N–H and O–H groups in total. The Balaban J connectivity index is 2.57. The van der Waals surface area contributed by atoms with Crippen molar-refractivity contribution in [3.8, 4) is 0 Å². The van der Waals surface area contributed by atoms with Crippen molar-refractivity contribution in [3.05, 3.63) is 0 Å². The lowest BCUT2D eigenvalue weighted by Gasteiger charge is -2.31. The van der Waals surface area contributed by atoms with Gasteiger partial charge < -0.3 is 10.0 Å². The van der Waals surface area contributed by atoms with Crippen molar-refractivity contribution in [2.24, 2.45) is 5.92 Å². The highest BCUT2D eigenvalue weighted by atomic mass is 16.3. The van der Waals surface area contributed by atoms with Crippen LogP contribution in [0.2, 0.25) is 0 Å². The molecule has 3 nitrogen and oxygen atoms in total. The maximum Gasteiger partial charge on any atom is 0.225 e. The first-order chi connectivity index (χ1) is 7.94. The highest BCUT2D eigenvalue weighted by Gasteiger charge is 2.27. The topological polar surface area (TPSA) is 40.5 Å². The third-order valence-corrected chi connectivity index (χ3v) is 3.48. The summed E-state index contributed by atoms with van der Waals surface area (Å²) >= 11 is 0. The van der Waals surface area contributed by atoms with Crippen LogP contribution in [0.3, 0.4) is 0 Å². The van der Waals surface area contributed by atoms with Crippen LogP contribution in [0.5, 0.6) is 0 Å². The van der Waals surface area contributed by atoms with Gasteiger partial charge in [-0.25, -0.2) is 0 Å². The van der Waals surface area contributed by atoms with Crippen molar-refractivity contribution in [2.45, 2.75) is 64.9 Å². The molecule has 0 heterocycles. The number of amides is 1. The van der Waals surface area contributed by atoms with E-state index >= 15 is 0 Å². The second-order valence-electron chi connectivity index (χ2n) is 5.85. The summed E-state index contributed by atoms with van der Waals surface area (Å²) in [4.78, 5) is 14.2. The zero-order valence-corrected chi connectivity index (χ0v) is 11.5. The molecule has 0 unspecified atom stereocenters. The first-order valence-corrected chi connectivity index (χ1v) is 6.95. The fraction of sp³-hybridized carbons (Fsp3) is 0.929. The Labute approximate surface area is 105 Å². The highest BCUT2D eigenvalue weighted by molar-refractivity contribution is 5.78. The van der Waals surface area contributed by atoms with Gasteiger partial charge in [0.15, 0.2) is 0 Å². The molecule has 0 aromatic carbocycles. The lowest BCUT2D eigenvalue weighted by molar-refractivity contribution is -0.138. The standard InChI is InChI=1S/C14H27NO2/c1-4-15(11-14(2,3)17)13(16)12-9-7-5-6-8-10-12/h12,17H,4-11H2,1-3H3. The second kappa shape index (κ2) is 6.39. The van der Waals surface area contributed by atoms with Gasteiger partial charge in [0.1, 0.15) is 0 Å². The van der Waals surface area contributed by atoms with Crippen molar-refractivity contribution in [2.75, 3.05) is 13.1 Å². The van der Waals surface area contributed by atoms with Crippen LogP contribution >= 0.6 is 0 Å². The molecule has 0 radical (unpaired) electrons. The minimum absolute atomic E-state index is 0.194.